The number of nitrogens with one attached hydrogen (secondary N) is 2. The number of nitro benzene ring substituents is 1. The molecule has 1 aromatic heterocycles. The minimum atomic E-state index is -0.827. The van der Waals surface area contributed by atoms with Gasteiger partial charge in [0.15, 0.2) is 0 Å². The molecule has 1 aliphatic rings. The van der Waals surface area contributed by atoms with Crippen LogP contribution in [0.1, 0.15) is 18.2 Å². The molecule has 2 N–H and O–H groups in total. The van der Waals surface area contributed by atoms with Gasteiger partial charge in [0.1, 0.15) is 17.6 Å². The molecule has 1 unspecified atom stereocenters. The zero-order valence-corrected chi connectivity index (χ0v) is 16.8. The lowest BCUT2D eigenvalue weighted by atomic mass is 10.1. The average Bonchev–Trinajstić information content (AvgIpc) is 3.21. The van der Waals surface area contributed by atoms with E-state index in [1.54, 1.807) is 13.2 Å². The van der Waals surface area contributed by atoms with Gasteiger partial charge in [0, 0.05) is 23.4 Å². The molecule has 2 aromatic carbocycles. The standard InChI is InChI=1S/C21H19N5O5/c1-12-19(13-5-3-8-16(9-13)31-2)20-23-21(28)17(25(20)24-12)11-18(27)22-14-6-4-7-15(10-14)26(29)30/h3-10,17H,11H2,1-2H3,(H,22,27)(H,23,28). The van der Waals surface area contributed by atoms with Gasteiger partial charge in [-0.05, 0) is 30.7 Å². The Labute approximate surface area is 177 Å². The van der Waals surface area contributed by atoms with Gasteiger partial charge in [0.25, 0.3) is 11.6 Å². The van der Waals surface area contributed by atoms with Gasteiger partial charge in [0.05, 0.1) is 24.1 Å². The predicted octanol–water partition coefficient (Wildman–Crippen LogP) is 3.30. The van der Waals surface area contributed by atoms with Gasteiger partial charge >= 0.3 is 0 Å². The van der Waals surface area contributed by atoms with Gasteiger partial charge in [-0.25, -0.2) is 4.68 Å². The third kappa shape index (κ3) is 3.82. The Bertz CT molecular complexity index is 1200. The minimum Gasteiger partial charge on any atom is -0.497 e. The molecule has 3 aromatic rings. The van der Waals surface area contributed by atoms with Gasteiger partial charge in [-0.2, -0.15) is 5.10 Å². The van der Waals surface area contributed by atoms with E-state index in [-0.39, 0.29) is 23.7 Å². The van der Waals surface area contributed by atoms with Crippen LogP contribution in [-0.4, -0.2) is 33.6 Å². The molecule has 0 aliphatic carbocycles. The number of fused-ring (bicyclic) bond motifs is 1. The number of hydrogen-bond donors (Lipinski definition) is 2. The Hall–Kier alpha value is -4.21. The molecule has 0 bridgehead atoms. The molecule has 158 valence electrons. The van der Waals surface area contributed by atoms with Crippen molar-refractivity contribution in [1.29, 1.82) is 0 Å². The Morgan fingerprint density at radius 3 is 2.81 bits per heavy atom. The van der Waals surface area contributed by atoms with Gasteiger partial charge < -0.3 is 15.4 Å². The second kappa shape index (κ2) is 7.90. The van der Waals surface area contributed by atoms with Crippen molar-refractivity contribution in [2.75, 3.05) is 17.7 Å². The van der Waals surface area contributed by atoms with Gasteiger partial charge in [0.2, 0.25) is 5.91 Å². The van der Waals surface area contributed by atoms with Crippen LogP contribution in [0.15, 0.2) is 48.5 Å². The van der Waals surface area contributed by atoms with E-state index in [4.69, 9.17) is 4.74 Å². The highest BCUT2D eigenvalue weighted by Crippen LogP contribution is 2.39. The highest BCUT2D eigenvalue weighted by molar-refractivity contribution is 6.04. The van der Waals surface area contributed by atoms with E-state index in [9.17, 15) is 19.7 Å². The molecule has 0 fully saturated rings. The summed E-state index contributed by atoms with van der Waals surface area (Å²) in [6.45, 7) is 1.83. The molecule has 31 heavy (non-hydrogen) atoms. The van der Waals surface area contributed by atoms with Crippen LogP contribution >= 0.6 is 0 Å². The topological polar surface area (TPSA) is 128 Å². The number of carbonyl (C=O) groups excluding carboxylic acids is 2. The van der Waals surface area contributed by atoms with E-state index in [2.05, 4.69) is 15.7 Å². The van der Waals surface area contributed by atoms with Gasteiger partial charge in [-0.3, -0.25) is 19.7 Å². The van der Waals surface area contributed by atoms with Crippen LogP contribution in [-0.2, 0) is 9.59 Å². The van der Waals surface area contributed by atoms with Crippen LogP contribution in [0.3, 0.4) is 0 Å². The number of nitro groups is 1. The van der Waals surface area contributed by atoms with Crippen LogP contribution in [0, 0.1) is 17.0 Å². The van der Waals surface area contributed by atoms with E-state index in [0.29, 0.717) is 17.3 Å². The summed E-state index contributed by atoms with van der Waals surface area (Å²) < 4.78 is 6.79. The normalized spacial score (nSPS) is 14.6. The number of carbonyl (C=O) groups is 2. The third-order valence-corrected chi connectivity index (χ3v) is 5.00. The van der Waals surface area contributed by atoms with Crippen molar-refractivity contribution >= 4 is 29.0 Å². The molecule has 0 spiro atoms. The van der Waals surface area contributed by atoms with E-state index >= 15 is 0 Å². The summed E-state index contributed by atoms with van der Waals surface area (Å²) in [4.78, 5) is 35.5. The van der Waals surface area contributed by atoms with Crippen LogP contribution in [0.5, 0.6) is 5.75 Å². The fourth-order valence-electron chi connectivity index (χ4n) is 3.59. The van der Waals surface area contributed by atoms with Gasteiger partial charge in [-0.1, -0.05) is 18.2 Å². The Balaban J connectivity index is 1.57. The highest BCUT2D eigenvalue weighted by Gasteiger charge is 2.36. The lowest BCUT2D eigenvalue weighted by Crippen LogP contribution is -2.23. The maximum absolute atomic E-state index is 12.6. The lowest BCUT2D eigenvalue weighted by Gasteiger charge is -2.10. The summed E-state index contributed by atoms with van der Waals surface area (Å²) in [6, 6.07) is 12.2. The number of methoxy groups -OCH3 is 1. The smallest absolute Gasteiger partial charge is 0.271 e. The number of non-ortho nitro benzene ring substituents is 1. The van der Waals surface area contributed by atoms with Crippen molar-refractivity contribution in [3.05, 3.63) is 64.3 Å². The lowest BCUT2D eigenvalue weighted by molar-refractivity contribution is -0.384. The monoisotopic (exact) mass is 421 g/mol. The molecule has 1 atom stereocenters. The molecule has 0 radical (unpaired) electrons. The number of nitrogens with zero attached hydrogens (tertiary/aromatic N) is 3. The molecule has 1 aliphatic heterocycles. The maximum Gasteiger partial charge on any atom is 0.271 e. The Morgan fingerprint density at radius 1 is 1.29 bits per heavy atom. The van der Waals surface area contributed by atoms with E-state index in [1.165, 1.54) is 22.9 Å². The zero-order chi connectivity index (χ0) is 22.1. The van der Waals surface area contributed by atoms with Crippen LogP contribution in [0.2, 0.25) is 0 Å². The molecule has 0 saturated carbocycles. The van der Waals surface area contributed by atoms with Gasteiger partial charge in [-0.15, -0.1) is 0 Å². The minimum absolute atomic E-state index is 0.135. The fourth-order valence-corrected chi connectivity index (χ4v) is 3.59. The quantitative estimate of drug-likeness (QED) is 0.464. The van der Waals surface area contributed by atoms with Crippen molar-refractivity contribution in [2.24, 2.45) is 0 Å². The predicted molar refractivity (Wildman–Crippen MR) is 113 cm³/mol. The maximum atomic E-state index is 12.6. The second-order valence-electron chi connectivity index (χ2n) is 7.05. The zero-order valence-electron chi connectivity index (χ0n) is 16.8. The first kappa shape index (κ1) is 20.1. The van der Waals surface area contributed by atoms with Crippen molar-refractivity contribution < 1.29 is 19.2 Å². The first-order valence-electron chi connectivity index (χ1n) is 9.46. The number of rotatable bonds is 6. The molecule has 10 nitrogen and oxygen atoms in total. The third-order valence-electron chi connectivity index (χ3n) is 5.00. The van der Waals surface area contributed by atoms with Crippen molar-refractivity contribution in [1.82, 2.24) is 9.78 Å². The Kier molecular flexibility index (Phi) is 5.12. The fraction of sp³-hybridized carbons (Fsp3) is 0.190. The van der Waals surface area contributed by atoms with E-state index < -0.39 is 16.9 Å². The van der Waals surface area contributed by atoms with Crippen LogP contribution in [0.25, 0.3) is 11.1 Å². The van der Waals surface area contributed by atoms with Crippen LogP contribution in [0.4, 0.5) is 17.2 Å². The number of ether oxygens (including phenoxy) is 1. The molecule has 2 heterocycles. The van der Waals surface area contributed by atoms with Crippen molar-refractivity contribution in [2.45, 2.75) is 19.4 Å². The number of benzene rings is 2. The number of hydrogen-bond acceptors (Lipinski definition) is 6. The van der Waals surface area contributed by atoms with E-state index in [0.717, 1.165) is 11.1 Å². The first-order chi connectivity index (χ1) is 14.9. The average molecular weight is 421 g/mol. The summed E-state index contributed by atoms with van der Waals surface area (Å²) in [5, 5.41) is 20.8. The summed E-state index contributed by atoms with van der Waals surface area (Å²) in [5.74, 6) is 0.392. The second-order valence-corrected chi connectivity index (χ2v) is 7.05. The number of amides is 2. The SMILES string of the molecule is COc1cccc(-c2c(C)nn3c2NC(=O)C3CC(=O)Nc2cccc([N+](=O)[O-])c2)c1. The molecule has 2 amide bonds. The summed E-state index contributed by atoms with van der Waals surface area (Å²) in [6.07, 6.45) is -0.166. The summed E-state index contributed by atoms with van der Waals surface area (Å²) >= 11 is 0. The largest absolute Gasteiger partial charge is 0.497 e. The molecule has 4 rings (SSSR count). The number of anilines is 2. The van der Waals surface area contributed by atoms with Crippen molar-refractivity contribution in [3.63, 3.8) is 0 Å². The molecule has 10 heteroatoms. The first-order valence-corrected chi connectivity index (χ1v) is 9.46. The highest BCUT2D eigenvalue weighted by atomic mass is 16.6. The molecule has 0 saturated heterocycles. The summed E-state index contributed by atoms with van der Waals surface area (Å²) in [7, 11) is 1.58. The van der Waals surface area contributed by atoms with Crippen molar-refractivity contribution in [3.8, 4) is 16.9 Å². The number of aromatic nitrogens is 2. The summed E-state index contributed by atoms with van der Waals surface area (Å²) in [5.41, 5.74) is 2.44. The molecular formula is C21H19N5O5. The Morgan fingerprint density at radius 2 is 2.06 bits per heavy atom. The number of aryl methyl sites for hydroxylation is 1. The van der Waals surface area contributed by atoms with Crippen LogP contribution < -0.4 is 15.4 Å². The molecular weight excluding hydrogens is 402 g/mol. The van der Waals surface area contributed by atoms with E-state index in [1.807, 2.05) is 31.2 Å².